The fraction of sp³-hybridized carbons (Fsp3) is 0.389. The monoisotopic (exact) mass is 379 g/mol. The number of anilines is 1. The number of carboxylic acid groups (broad SMARTS) is 1. The Morgan fingerprint density at radius 1 is 1.23 bits per heavy atom. The van der Waals surface area contributed by atoms with Crippen LogP contribution >= 0.6 is 11.3 Å². The lowest BCUT2D eigenvalue weighted by Gasteiger charge is -2.11. The van der Waals surface area contributed by atoms with Gasteiger partial charge in [-0.1, -0.05) is 41.7 Å². The van der Waals surface area contributed by atoms with E-state index in [1.165, 1.54) is 16.2 Å². The van der Waals surface area contributed by atoms with Gasteiger partial charge in [-0.25, -0.2) is 9.78 Å². The molecule has 0 spiro atoms. The normalized spacial score (nSPS) is 11.3. The van der Waals surface area contributed by atoms with Gasteiger partial charge in [0.05, 0.1) is 33.3 Å². The third-order valence-electron chi connectivity index (χ3n) is 2.90. The van der Waals surface area contributed by atoms with Gasteiger partial charge in [0, 0.05) is 11.6 Å². The summed E-state index contributed by atoms with van der Waals surface area (Å²) in [6.07, 6.45) is -0.121. The van der Waals surface area contributed by atoms with E-state index < -0.39 is 18.0 Å². The number of nitrogens with one attached hydrogen (secondary N) is 3. The summed E-state index contributed by atoms with van der Waals surface area (Å²) in [5.41, 5.74) is 1.72. The van der Waals surface area contributed by atoms with Gasteiger partial charge in [-0.2, -0.15) is 0 Å². The van der Waals surface area contributed by atoms with Gasteiger partial charge in [0.25, 0.3) is 0 Å². The van der Waals surface area contributed by atoms with Crippen molar-refractivity contribution in [3.63, 3.8) is 0 Å². The van der Waals surface area contributed by atoms with Crippen molar-refractivity contribution in [2.45, 2.75) is 26.3 Å². The summed E-state index contributed by atoms with van der Waals surface area (Å²) >= 11 is 1.38. The maximum atomic E-state index is 11.9. The molecule has 0 radical (unpaired) electrons. The number of hydrogen-bond donors (Lipinski definition) is 4. The summed E-state index contributed by atoms with van der Waals surface area (Å²) < 4.78 is 0. The summed E-state index contributed by atoms with van der Waals surface area (Å²) in [5, 5.41) is 15.5. The van der Waals surface area contributed by atoms with Gasteiger partial charge in [0.2, 0.25) is 0 Å². The Kier molecular flexibility index (Phi) is 8.74. The number of carboxylic acids is 1. The number of urea groups is 1. The Morgan fingerprint density at radius 2 is 1.81 bits per heavy atom. The molecule has 0 fully saturated rings. The molecule has 4 N–H and O–H groups in total. The molecule has 1 unspecified atom stereocenters. The van der Waals surface area contributed by atoms with Crippen molar-refractivity contribution in [3.05, 3.63) is 36.0 Å². The zero-order valence-corrected chi connectivity index (χ0v) is 16.6. The van der Waals surface area contributed by atoms with Crippen LogP contribution in [0.3, 0.4) is 0 Å². The first-order valence-corrected chi connectivity index (χ1v) is 9.09. The summed E-state index contributed by atoms with van der Waals surface area (Å²) in [6, 6.07) is 8.83. The molecule has 1 aromatic carbocycles. The maximum absolute atomic E-state index is 11.9. The second-order valence-electron chi connectivity index (χ2n) is 6.40. The van der Waals surface area contributed by atoms with E-state index in [4.69, 9.17) is 5.11 Å². The van der Waals surface area contributed by atoms with E-state index in [9.17, 15) is 9.59 Å². The SMILES string of the molecule is C[NH+](C)C.Cc1nc(-c2ccccc2)sc1NC(=O)NC(C)CC(=O)O. The Balaban J connectivity index is 0.000000765. The van der Waals surface area contributed by atoms with Crippen LogP contribution < -0.4 is 15.5 Å². The topological polar surface area (TPSA) is 95.8 Å². The highest BCUT2D eigenvalue weighted by Crippen LogP contribution is 2.31. The van der Waals surface area contributed by atoms with Gasteiger partial charge in [-0.05, 0) is 13.8 Å². The molecule has 1 heterocycles. The molecule has 0 aliphatic carbocycles. The number of aliphatic carboxylic acids is 1. The van der Waals surface area contributed by atoms with Crippen LogP contribution in [0.15, 0.2) is 30.3 Å². The van der Waals surface area contributed by atoms with Crippen LogP contribution in [0.5, 0.6) is 0 Å². The standard InChI is InChI=1S/C15H17N3O3S.C3H9N/c1-9(8-12(19)20)16-15(21)18-13-10(2)17-14(22-13)11-6-4-3-5-7-11;1-4(2)3/h3-7,9H,8H2,1-2H3,(H,19,20)(H2,16,18,21);1-3H3/p+1. The molecule has 7 nitrogen and oxygen atoms in total. The first-order chi connectivity index (χ1) is 12.2. The van der Waals surface area contributed by atoms with Crippen molar-refractivity contribution >= 4 is 28.3 Å². The molecule has 1 aromatic heterocycles. The number of aromatic nitrogens is 1. The molecule has 0 saturated heterocycles. The van der Waals surface area contributed by atoms with E-state index in [0.717, 1.165) is 16.3 Å². The van der Waals surface area contributed by atoms with E-state index in [1.54, 1.807) is 6.92 Å². The molecule has 1 atom stereocenters. The van der Waals surface area contributed by atoms with E-state index >= 15 is 0 Å². The molecule has 2 rings (SSSR count). The van der Waals surface area contributed by atoms with E-state index in [-0.39, 0.29) is 6.42 Å². The number of thiazole rings is 1. The van der Waals surface area contributed by atoms with Crippen molar-refractivity contribution in [3.8, 4) is 10.6 Å². The average Bonchev–Trinajstić information content (AvgIpc) is 2.87. The molecule has 0 saturated carbocycles. The second-order valence-corrected chi connectivity index (χ2v) is 7.40. The van der Waals surface area contributed by atoms with Crippen molar-refractivity contribution in [1.29, 1.82) is 0 Å². The fourth-order valence-corrected chi connectivity index (χ4v) is 2.86. The molecule has 8 heteroatoms. The lowest BCUT2D eigenvalue weighted by Crippen LogP contribution is -3.02. The number of aryl methyl sites for hydroxylation is 1. The van der Waals surface area contributed by atoms with Gasteiger partial charge in [-0.3, -0.25) is 10.1 Å². The van der Waals surface area contributed by atoms with Crippen molar-refractivity contribution in [2.75, 3.05) is 26.5 Å². The molecule has 26 heavy (non-hydrogen) atoms. The fourth-order valence-electron chi connectivity index (χ4n) is 1.89. The van der Waals surface area contributed by atoms with Crippen LogP contribution in [0.4, 0.5) is 9.80 Å². The Morgan fingerprint density at radius 3 is 2.35 bits per heavy atom. The van der Waals surface area contributed by atoms with Crippen LogP contribution in [0.2, 0.25) is 0 Å². The number of amides is 2. The van der Waals surface area contributed by atoms with Crippen LogP contribution in [-0.4, -0.2) is 49.3 Å². The van der Waals surface area contributed by atoms with Crippen molar-refractivity contribution in [2.24, 2.45) is 0 Å². The first kappa shape index (κ1) is 21.6. The van der Waals surface area contributed by atoms with Crippen LogP contribution in [0.25, 0.3) is 10.6 Å². The quantitative estimate of drug-likeness (QED) is 0.638. The zero-order valence-electron chi connectivity index (χ0n) is 15.8. The molecule has 2 aromatic rings. The predicted octanol–water partition coefficient (Wildman–Crippen LogP) is 1.86. The van der Waals surface area contributed by atoms with Crippen LogP contribution in [0.1, 0.15) is 19.0 Å². The number of quaternary nitrogens is 1. The van der Waals surface area contributed by atoms with E-state index in [1.807, 2.05) is 37.3 Å². The number of benzene rings is 1. The Bertz CT molecular complexity index is 714. The summed E-state index contributed by atoms with van der Waals surface area (Å²) in [7, 11) is 6.25. The zero-order chi connectivity index (χ0) is 19.7. The second kappa shape index (κ2) is 10.5. The molecule has 2 amide bonds. The lowest BCUT2D eigenvalue weighted by molar-refractivity contribution is -0.836. The number of hydrogen-bond acceptors (Lipinski definition) is 4. The Hall–Kier alpha value is -2.45. The van der Waals surface area contributed by atoms with Gasteiger partial charge < -0.3 is 15.3 Å². The number of carbonyl (C=O) groups excluding carboxylic acids is 1. The number of nitrogens with zero attached hydrogens (tertiary/aromatic N) is 1. The molecule has 0 aliphatic rings. The molecular formula is C18H27N4O3S+. The highest BCUT2D eigenvalue weighted by Gasteiger charge is 2.14. The van der Waals surface area contributed by atoms with Crippen molar-refractivity contribution in [1.82, 2.24) is 10.3 Å². The molecule has 0 bridgehead atoms. The minimum absolute atomic E-state index is 0.121. The largest absolute Gasteiger partial charge is 0.481 e. The third-order valence-corrected chi connectivity index (χ3v) is 4.02. The smallest absolute Gasteiger partial charge is 0.320 e. The van der Waals surface area contributed by atoms with Crippen molar-refractivity contribution < 1.29 is 19.6 Å². The third kappa shape index (κ3) is 8.09. The van der Waals surface area contributed by atoms with Crippen LogP contribution in [-0.2, 0) is 4.79 Å². The van der Waals surface area contributed by atoms with Gasteiger partial charge >= 0.3 is 12.0 Å². The van der Waals surface area contributed by atoms with Gasteiger partial charge in [0.1, 0.15) is 10.0 Å². The first-order valence-electron chi connectivity index (χ1n) is 8.28. The van der Waals surface area contributed by atoms with Gasteiger partial charge in [0.15, 0.2) is 0 Å². The number of rotatable bonds is 5. The summed E-state index contributed by atoms with van der Waals surface area (Å²) in [4.78, 5) is 28.3. The van der Waals surface area contributed by atoms with E-state index in [2.05, 4.69) is 36.8 Å². The average molecular weight is 380 g/mol. The van der Waals surface area contributed by atoms with Crippen LogP contribution in [0, 0.1) is 6.92 Å². The van der Waals surface area contributed by atoms with E-state index in [0.29, 0.717) is 5.00 Å². The highest BCUT2D eigenvalue weighted by atomic mass is 32.1. The minimum Gasteiger partial charge on any atom is -0.481 e. The summed E-state index contributed by atoms with van der Waals surface area (Å²) in [5.74, 6) is -0.951. The Labute approximate surface area is 158 Å². The molecular weight excluding hydrogens is 352 g/mol. The molecule has 142 valence electrons. The highest BCUT2D eigenvalue weighted by molar-refractivity contribution is 7.19. The number of carbonyl (C=O) groups is 2. The lowest BCUT2D eigenvalue weighted by atomic mass is 10.2. The molecule has 0 aliphatic heterocycles. The maximum Gasteiger partial charge on any atom is 0.320 e. The minimum atomic E-state index is -0.951. The van der Waals surface area contributed by atoms with Gasteiger partial charge in [-0.15, -0.1) is 0 Å². The predicted molar refractivity (Wildman–Crippen MR) is 105 cm³/mol. The summed E-state index contributed by atoms with van der Waals surface area (Å²) in [6.45, 7) is 3.46.